The minimum absolute atomic E-state index is 0.0542. The maximum atomic E-state index is 12.6. The summed E-state index contributed by atoms with van der Waals surface area (Å²) in [7, 11) is 0. The Balaban J connectivity index is 2.00. The Kier molecular flexibility index (Phi) is 5.26. The molecule has 9 nitrogen and oxygen atoms in total. The van der Waals surface area contributed by atoms with Crippen molar-refractivity contribution in [3.05, 3.63) is 15.9 Å². The SMILES string of the molecule is CCC(OC(C)=O)[C@@H]1C[C@@H](C(C)O)[C@H](n2c(=O)sc3cnc(N)nc32)O1. The fourth-order valence-corrected chi connectivity index (χ4v) is 4.17. The topological polar surface area (TPSA) is 130 Å². The minimum atomic E-state index is -0.722. The van der Waals surface area contributed by atoms with Crippen LogP contribution < -0.4 is 10.6 Å². The predicted octanol–water partition coefficient (Wildman–Crippen LogP) is 1.06. The van der Waals surface area contributed by atoms with Crippen LogP contribution in [0.5, 0.6) is 0 Å². The van der Waals surface area contributed by atoms with E-state index in [1.165, 1.54) is 17.7 Å². The van der Waals surface area contributed by atoms with Gasteiger partial charge in [-0.25, -0.2) is 4.98 Å². The van der Waals surface area contributed by atoms with Crippen molar-refractivity contribution < 1.29 is 19.4 Å². The lowest BCUT2D eigenvalue weighted by molar-refractivity contribution is -0.156. The van der Waals surface area contributed by atoms with E-state index < -0.39 is 30.5 Å². The van der Waals surface area contributed by atoms with Crippen LogP contribution in [-0.2, 0) is 14.3 Å². The number of rotatable bonds is 5. The van der Waals surface area contributed by atoms with Gasteiger partial charge in [-0.2, -0.15) is 4.98 Å². The van der Waals surface area contributed by atoms with Gasteiger partial charge in [0.05, 0.1) is 23.1 Å². The third-order valence-corrected chi connectivity index (χ3v) is 5.45. The molecule has 142 valence electrons. The summed E-state index contributed by atoms with van der Waals surface area (Å²) in [6.45, 7) is 4.89. The summed E-state index contributed by atoms with van der Waals surface area (Å²) in [5, 5.41) is 10.2. The second-order valence-electron chi connectivity index (χ2n) is 6.42. The zero-order valence-corrected chi connectivity index (χ0v) is 15.6. The zero-order chi connectivity index (χ0) is 19.0. The highest BCUT2D eigenvalue weighted by Crippen LogP contribution is 2.40. The lowest BCUT2D eigenvalue weighted by atomic mass is 9.95. The van der Waals surface area contributed by atoms with Crippen LogP contribution in [0.25, 0.3) is 10.3 Å². The van der Waals surface area contributed by atoms with Crippen molar-refractivity contribution in [2.75, 3.05) is 5.73 Å². The van der Waals surface area contributed by atoms with Crippen LogP contribution in [0, 0.1) is 5.92 Å². The van der Waals surface area contributed by atoms with Crippen LogP contribution >= 0.6 is 11.3 Å². The van der Waals surface area contributed by atoms with E-state index in [4.69, 9.17) is 15.2 Å². The number of nitrogens with two attached hydrogens (primary N) is 1. The van der Waals surface area contributed by atoms with E-state index >= 15 is 0 Å². The Morgan fingerprint density at radius 1 is 1.62 bits per heavy atom. The normalized spacial score (nSPS) is 25.3. The van der Waals surface area contributed by atoms with E-state index in [1.807, 2.05) is 6.92 Å². The maximum Gasteiger partial charge on any atom is 0.311 e. The van der Waals surface area contributed by atoms with Crippen LogP contribution in [0.2, 0.25) is 0 Å². The molecule has 0 aromatic carbocycles. The number of esters is 1. The van der Waals surface area contributed by atoms with Gasteiger partial charge in [-0.3, -0.25) is 14.2 Å². The number of nitrogens with zero attached hydrogens (tertiary/aromatic N) is 3. The molecule has 0 saturated carbocycles. The first kappa shape index (κ1) is 18.7. The lowest BCUT2D eigenvalue weighted by Crippen LogP contribution is -2.31. The maximum absolute atomic E-state index is 12.6. The largest absolute Gasteiger partial charge is 0.460 e. The number of anilines is 1. The fraction of sp³-hybridized carbons (Fsp3) is 0.625. The quantitative estimate of drug-likeness (QED) is 0.734. The Morgan fingerprint density at radius 2 is 2.35 bits per heavy atom. The molecule has 1 aliphatic heterocycles. The number of fused-ring (bicyclic) bond motifs is 1. The Morgan fingerprint density at radius 3 is 2.96 bits per heavy atom. The molecule has 0 spiro atoms. The van der Waals surface area contributed by atoms with Crippen LogP contribution in [0.4, 0.5) is 5.95 Å². The van der Waals surface area contributed by atoms with Gasteiger partial charge in [-0.05, 0) is 19.8 Å². The number of hydrogen-bond acceptors (Lipinski definition) is 9. The molecule has 26 heavy (non-hydrogen) atoms. The molecule has 3 rings (SSSR count). The molecule has 0 radical (unpaired) electrons. The highest BCUT2D eigenvalue weighted by molar-refractivity contribution is 7.16. The molecule has 2 aromatic heterocycles. The van der Waals surface area contributed by atoms with Crippen molar-refractivity contribution in [2.45, 2.75) is 58.2 Å². The predicted molar refractivity (Wildman–Crippen MR) is 95.6 cm³/mol. The number of carbonyl (C=O) groups excluding carboxylic acids is 1. The molecular formula is C16H22N4O5S. The van der Waals surface area contributed by atoms with Crippen LogP contribution in [0.15, 0.2) is 11.0 Å². The highest BCUT2D eigenvalue weighted by Gasteiger charge is 2.44. The number of carbonyl (C=O) groups is 1. The summed E-state index contributed by atoms with van der Waals surface area (Å²) in [5.41, 5.74) is 6.05. The number of nitrogen functional groups attached to an aromatic ring is 1. The Hall–Kier alpha value is -2.04. The van der Waals surface area contributed by atoms with Crippen LogP contribution in [0.3, 0.4) is 0 Å². The number of aliphatic hydroxyl groups excluding tert-OH is 1. The standard InChI is InChI=1S/C16H22N4O5S/c1-4-10(24-8(3)22)11-5-9(7(2)21)14(25-11)20-13-12(26-16(20)23)6-18-15(17)19-13/h6-7,9-11,14,21H,4-5H2,1-3H3,(H2,17,18,19)/t7?,9-,10?,11-,14+/m0/s1. The molecule has 1 fully saturated rings. The van der Waals surface area contributed by atoms with Crippen molar-refractivity contribution in [1.29, 1.82) is 0 Å². The monoisotopic (exact) mass is 382 g/mol. The molecule has 3 N–H and O–H groups in total. The van der Waals surface area contributed by atoms with Gasteiger partial charge in [0.1, 0.15) is 12.3 Å². The highest BCUT2D eigenvalue weighted by atomic mass is 32.1. The molecule has 2 unspecified atom stereocenters. The van der Waals surface area contributed by atoms with Gasteiger partial charge in [0.2, 0.25) is 5.95 Å². The molecule has 0 amide bonds. The second kappa shape index (κ2) is 7.29. The van der Waals surface area contributed by atoms with Gasteiger partial charge in [-0.1, -0.05) is 18.3 Å². The average molecular weight is 382 g/mol. The average Bonchev–Trinajstić information content (AvgIpc) is 3.12. The fourth-order valence-electron chi connectivity index (χ4n) is 3.36. The smallest absolute Gasteiger partial charge is 0.311 e. The third-order valence-electron chi connectivity index (χ3n) is 4.57. The summed E-state index contributed by atoms with van der Waals surface area (Å²) in [5.74, 6) is -0.689. The summed E-state index contributed by atoms with van der Waals surface area (Å²) < 4.78 is 13.4. The molecule has 1 aliphatic rings. The first-order chi connectivity index (χ1) is 12.3. The van der Waals surface area contributed by atoms with Crippen LogP contribution in [-0.4, -0.2) is 43.9 Å². The molecule has 2 aromatic rings. The number of hydrogen-bond donors (Lipinski definition) is 2. The molecule has 0 bridgehead atoms. The van der Waals surface area contributed by atoms with Crippen molar-refractivity contribution in [3.63, 3.8) is 0 Å². The van der Waals surface area contributed by atoms with Crippen molar-refractivity contribution in [2.24, 2.45) is 5.92 Å². The van der Waals surface area contributed by atoms with Gasteiger partial charge < -0.3 is 20.3 Å². The van der Waals surface area contributed by atoms with Gasteiger partial charge in [-0.15, -0.1) is 0 Å². The molecule has 3 heterocycles. The van der Waals surface area contributed by atoms with Gasteiger partial charge in [0.25, 0.3) is 0 Å². The van der Waals surface area contributed by atoms with E-state index in [0.29, 0.717) is 23.2 Å². The molecule has 10 heteroatoms. The molecule has 5 atom stereocenters. The summed E-state index contributed by atoms with van der Waals surface area (Å²) >= 11 is 0.994. The first-order valence-corrected chi connectivity index (χ1v) is 9.27. The Bertz CT molecular complexity index is 864. The second-order valence-corrected chi connectivity index (χ2v) is 7.41. The molecule has 0 aliphatic carbocycles. The number of thiazole rings is 1. The summed E-state index contributed by atoms with van der Waals surface area (Å²) in [6.07, 6.45) is 0.211. The van der Waals surface area contributed by atoms with E-state index in [9.17, 15) is 14.7 Å². The van der Waals surface area contributed by atoms with Crippen LogP contribution in [0.1, 0.15) is 39.8 Å². The van der Waals surface area contributed by atoms with E-state index in [2.05, 4.69) is 9.97 Å². The summed E-state index contributed by atoms with van der Waals surface area (Å²) in [4.78, 5) is 31.7. The Labute approximate surface area is 153 Å². The molecule has 1 saturated heterocycles. The first-order valence-electron chi connectivity index (χ1n) is 8.46. The summed E-state index contributed by atoms with van der Waals surface area (Å²) in [6, 6.07) is 0. The van der Waals surface area contributed by atoms with Crippen molar-refractivity contribution >= 4 is 33.6 Å². The zero-order valence-electron chi connectivity index (χ0n) is 14.8. The van der Waals surface area contributed by atoms with E-state index in [-0.39, 0.29) is 16.7 Å². The lowest BCUT2D eigenvalue weighted by Gasteiger charge is -2.23. The van der Waals surface area contributed by atoms with Gasteiger partial charge >= 0.3 is 10.8 Å². The van der Waals surface area contributed by atoms with E-state index in [0.717, 1.165) is 11.3 Å². The number of ether oxygens (including phenoxy) is 2. The van der Waals surface area contributed by atoms with Crippen molar-refractivity contribution in [3.8, 4) is 0 Å². The van der Waals surface area contributed by atoms with E-state index in [1.54, 1.807) is 6.92 Å². The van der Waals surface area contributed by atoms with Gasteiger partial charge in [0, 0.05) is 12.8 Å². The number of aromatic nitrogens is 3. The van der Waals surface area contributed by atoms with Crippen molar-refractivity contribution in [1.82, 2.24) is 14.5 Å². The van der Waals surface area contributed by atoms with Gasteiger partial charge in [0.15, 0.2) is 5.65 Å². The third kappa shape index (κ3) is 3.44. The number of aliphatic hydroxyl groups is 1. The minimum Gasteiger partial charge on any atom is -0.460 e. The molecular weight excluding hydrogens is 360 g/mol.